The van der Waals surface area contributed by atoms with Gasteiger partial charge in [-0.3, -0.25) is 9.10 Å². The molecule has 0 fully saturated rings. The minimum absolute atomic E-state index is 0.144. The maximum atomic E-state index is 13.6. The number of anilines is 1. The van der Waals surface area contributed by atoms with Gasteiger partial charge in [0.05, 0.1) is 23.7 Å². The highest BCUT2D eigenvalue weighted by atomic mass is 32.2. The predicted molar refractivity (Wildman–Crippen MR) is 140 cm³/mol. The summed E-state index contributed by atoms with van der Waals surface area (Å²) in [7, 11) is -2.35. The lowest BCUT2D eigenvalue weighted by molar-refractivity contribution is -0.120. The van der Waals surface area contributed by atoms with Crippen LogP contribution in [0.3, 0.4) is 0 Å². The molecule has 3 aromatic carbocycles. The fourth-order valence-corrected chi connectivity index (χ4v) is 5.24. The van der Waals surface area contributed by atoms with Crippen molar-refractivity contribution in [2.75, 3.05) is 18.0 Å². The molecule has 3 rings (SSSR count). The fourth-order valence-electron chi connectivity index (χ4n) is 3.82. The van der Waals surface area contributed by atoms with E-state index in [2.05, 4.69) is 19.2 Å². The van der Waals surface area contributed by atoms with Crippen LogP contribution < -0.4 is 14.4 Å². The summed E-state index contributed by atoms with van der Waals surface area (Å²) in [5, 5.41) is 3.06. The number of rotatable bonds is 10. The van der Waals surface area contributed by atoms with Crippen LogP contribution in [0.1, 0.15) is 43.0 Å². The zero-order chi connectivity index (χ0) is 25.6. The van der Waals surface area contributed by atoms with Gasteiger partial charge in [0, 0.05) is 0 Å². The number of hydrogen-bond donors (Lipinski definition) is 1. The first kappa shape index (κ1) is 26.3. The molecule has 0 unspecified atom stereocenters. The maximum Gasteiger partial charge on any atom is 0.264 e. The third-order valence-electron chi connectivity index (χ3n) is 5.78. The molecule has 0 aliphatic heterocycles. The summed E-state index contributed by atoms with van der Waals surface area (Å²) < 4.78 is 33.6. The van der Waals surface area contributed by atoms with Gasteiger partial charge < -0.3 is 10.1 Å². The summed E-state index contributed by atoms with van der Waals surface area (Å²) >= 11 is 0. The summed E-state index contributed by atoms with van der Waals surface area (Å²) in [6.07, 6.45) is 0.716. The van der Waals surface area contributed by atoms with E-state index < -0.39 is 10.0 Å². The molecule has 0 bridgehead atoms. The number of benzene rings is 3. The summed E-state index contributed by atoms with van der Waals surface area (Å²) in [6.45, 7) is 7.67. The molecule has 0 heterocycles. The van der Waals surface area contributed by atoms with Crippen LogP contribution in [-0.4, -0.2) is 28.0 Å². The molecule has 0 saturated heterocycles. The first-order valence-corrected chi connectivity index (χ1v) is 13.1. The Bertz CT molecular complexity index is 1220. The van der Waals surface area contributed by atoms with Crippen LogP contribution in [0.15, 0.2) is 77.7 Å². The Balaban J connectivity index is 1.91. The van der Waals surface area contributed by atoms with Gasteiger partial charge in [0.25, 0.3) is 10.0 Å². The van der Waals surface area contributed by atoms with Crippen molar-refractivity contribution in [3.8, 4) is 5.75 Å². The molecule has 35 heavy (non-hydrogen) atoms. The molecule has 0 radical (unpaired) electrons. The molecule has 1 N–H and O–H groups in total. The van der Waals surface area contributed by atoms with Crippen LogP contribution in [0.4, 0.5) is 5.69 Å². The summed E-state index contributed by atoms with van der Waals surface area (Å²) in [5.41, 5.74) is 3.34. The molecule has 1 atom stereocenters. The largest absolute Gasteiger partial charge is 0.497 e. The van der Waals surface area contributed by atoms with E-state index in [1.807, 2.05) is 50.2 Å². The standard InChI is InChI=1S/C28H34N2O4S/c1-20(2)18-27(23-10-14-25(34-5)15-11-23)29-28(31)19-30(24-12-6-21(3)7-13-24)35(32,33)26-16-8-22(4)9-17-26/h6-17,20,27H,18-19H2,1-5H3,(H,29,31)/t27-/m1/s1. The zero-order valence-corrected chi connectivity index (χ0v) is 21.8. The van der Waals surface area contributed by atoms with E-state index in [1.54, 1.807) is 43.5 Å². The first-order valence-electron chi connectivity index (χ1n) is 11.7. The molecule has 0 saturated carbocycles. The number of carbonyl (C=O) groups is 1. The van der Waals surface area contributed by atoms with Crippen LogP contribution in [0.5, 0.6) is 5.75 Å². The lowest BCUT2D eigenvalue weighted by Crippen LogP contribution is -2.42. The number of methoxy groups -OCH3 is 1. The summed E-state index contributed by atoms with van der Waals surface area (Å²) in [6, 6.07) is 21.1. The molecule has 0 aromatic heterocycles. The Hall–Kier alpha value is -3.32. The Morgan fingerprint density at radius 2 is 1.43 bits per heavy atom. The van der Waals surface area contributed by atoms with Crippen molar-refractivity contribution in [2.45, 2.75) is 45.1 Å². The van der Waals surface area contributed by atoms with Crippen molar-refractivity contribution >= 4 is 21.6 Å². The molecular formula is C28H34N2O4S. The van der Waals surface area contributed by atoms with Gasteiger partial charge in [-0.2, -0.15) is 0 Å². The van der Waals surface area contributed by atoms with Crippen LogP contribution >= 0.6 is 0 Å². The molecule has 0 aliphatic rings. The number of aryl methyl sites for hydroxylation is 2. The van der Waals surface area contributed by atoms with Gasteiger partial charge >= 0.3 is 0 Å². The van der Waals surface area contributed by atoms with Crippen molar-refractivity contribution in [2.24, 2.45) is 5.92 Å². The van der Waals surface area contributed by atoms with Crippen LogP contribution in [0.2, 0.25) is 0 Å². The Labute approximate surface area is 209 Å². The van der Waals surface area contributed by atoms with Crippen LogP contribution in [-0.2, 0) is 14.8 Å². The number of nitrogens with one attached hydrogen (secondary N) is 1. The van der Waals surface area contributed by atoms with Crippen molar-refractivity contribution in [1.29, 1.82) is 0 Å². The quantitative estimate of drug-likeness (QED) is 0.409. The molecule has 1 amide bonds. The van der Waals surface area contributed by atoms with Crippen LogP contribution in [0.25, 0.3) is 0 Å². The van der Waals surface area contributed by atoms with Crippen LogP contribution in [0, 0.1) is 19.8 Å². The highest BCUT2D eigenvalue weighted by Crippen LogP contribution is 2.26. The lowest BCUT2D eigenvalue weighted by atomic mass is 9.97. The zero-order valence-electron chi connectivity index (χ0n) is 21.0. The van der Waals surface area contributed by atoms with Gasteiger partial charge in [-0.1, -0.05) is 61.4 Å². The molecule has 0 aliphatic carbocycles. The summed E-state index contributed by atoms with van der Waals surface area (Å²) in [4.78, 5) is 13.4. The monoisotopic (exact) mass is 494 g/mol. The number of carbonyl (C=O) groups excluding carboxylic acids is 1. The molecule has 6 nitrogen and oxygen atoms in total. The van der Waals surface area contributed by atoms with Crippen molar-refractivity contribution < 1.29 is 17.9 Å². The van der Waals surface area contributed by atoms with E-state index in [-0.39, 0.29) is 23.4 Å². The molecule has 186 valence electrons. The molecular weight excluding hydrogens is 460 g/mol. The van der Waals surface area contributed by atoms with E-state index in [1.165, 1.54) is 4.31 Å². The summed E-state index contributed by atoms with van der Waals surface area (Å²) in [5.74, 6) is 0.688. The van der Waals surface area contributed by atoms with E-state index in [4.69, 9.17) is 4.74 Å². The molecule has 7 heteroatoms. The molecule has 0 spiro atoms. The average Bonchev–Trinajstić information content (AvgIpc) is 2.83. The third-order valence-corrected chi connectivity index (χ3v) is 7.57. The second kappa shape index (κ2) is 11.4. The van der Waals surface area contributed by atoms with E-state index >= 15 is 0 Å². The van der Waals surface area contributed by atoms with Gasteiger partial charge in [-0.25, -0.2) is 8.42 Å². The van der Waals surface area contributed by atoms with Gasteiger partial charge in [-0.15, -0.1) is 0 Å². The fraction of sp³-hybridized carbons (Fsp3) is 0.321. The van der Waals surface area contributed by atoms with E-state index in [9.17, 15) is 13.2 Å². The maximum absolute atomic E-state index is 13.6. The third kappa shape index (κ3) is 6.85. The number of hydrogen-bond acceptors (Lipinski definition) is 4. The first-order chi connectivity index (χ1) is 16.6. The number of sulfonamides is 1. The minimum Gasteiger partial charge on any atom is -0.497 e. The van der Waals surface area contributed by atoms with Gasteiger partial charge in [0.1, 0.15) is 12.3 Å². The second-order valence-corrected chi connectivity index (χ2v) is 11.0. The topological polar surface area (TPSA) is 75.7 Å². The van der Waals surface area contributed by atoms with E-state index in [0.717, 1.165) is 22.4 Å². The Kier molecular flexibility index (Phi) is 8.57. The van der Waals surface area contributed by atoms with Crippen molar-refractivity contribution in [3.05, 3.63) is 89.5 Å². The highest BCUT2D eigenvalue weighted by Gasteiger charge is 2.28. The van der Waals surface area contributed by atoms with E-state index in [0.29, 0.717) is 18.0 Å². The smallest absolute Gasteiger partial charge is 0.264 e. The Morgan fingerprint density at radius 1 is 0.886 bits per heavy atom. The number of ether oxygens (including phenoxy) is 1. The average molecular weight is 495 g/mol. The number of nitrogens with zero attached hydrogens (tertiary/aromatic N) is 1. The SMILES string of the molecule is COc1ccc([C@@H](CC(C)C)NC(=O)CN(c2ccc(C)cc2)S(=O)(=O)c2ccc(C)cc2)cc1. The molecule has 3 aromatic rings. The minimum atomic E-state index is -3.96. The predicted octanol–water partition coefficient (Wildman–Crippen LogP) is 5.41. The second-order valence-electron chi connectivity index (χ2n) is 9.18. The lowest BCUT2D eigenvalue weighted by Gasteiger charge is -2.27. The Morgan fingerprint density at radius 3 is 1.94 bits per heavy atom. The highest BCUT2D eigenvalue weighted by molar-refractivity contribution is 7.92. The van der Waals surface area contributed by atoms with Crippen molar-refractivity contribution in [3.63, 3.8) is 0 Å². The van der Waals surface area contributed by atoms with Crippen molar-refractivity contribution in [1.82, 2.24) is 5.32 Å². The van der Waals surface area contributed by atoms with Gasteiger partial charge in [0.15, 0.2) is 0 Å². The van der Waals surface area contributed by atoms with Gasteiger partial charge in [0.2, 0.25) is 5.91 Å². The van der Waals surface area contributed by atoms with Gasteiger partial charge in [-0.05, 0) is 68.1 Å². The normalized spacial score (nSPS) is 12.3. The number of amides is 1.